The number of nitrogens with one attached hydrogen (secondary N) is 1. The maximum atomic E-state index is 13.2. The molecule has 2 aromatic carbocycles. The summed E-state index contributed by atoms with van der Waals surface area (Å²) in [4.78, 5) is 19.1. The lowest BCUT2D eigenvalue weighted by Crippen LogP contribution is -2.21. The fraction of sp³-hybridized carbons (Fsp3) is 0.192. The van der Waals surface area contributed by atoms with E-state index >= 15 is 0 Å². The minimum Gasteiger partial charge on any atom is -0.508 e. The summed E-state index contributed by atoms with van der Waals surface area (Å²) in [6, 6.07) is 16.2. The third-order valence-electron chi connectivity index (χ3n) is 5.76. The van der Waals surface area contributed by atoms with Crippen molar-refractivity contribution in [3.05, 3.63) is 81.2 Å². The molecule has 6 nitrogen and oxygen atoms in total. The highest BCUT2D eigenvalue weighted by atomic mass is 32.1. The van der Waals surface area contributed by atoms with Crippen molar-refractivity contribution in [1.29, 1.82) is 5.26 Å². The number of phenols is 1. The predicted molar refractivity (Wildman–Crippen MR) is 128 cm³/mol. The van der Waals surface area contributed by atoms with Gasteiger partial charge in [0, 0.05) is 22.0 Å². The molecule has 1 amide bonds. The summed E-state index contributed by atoms with van der Waals surface area (Å²) in [6.07, 6.45) is 3.96. The zero-order valence-electron chi connectivity index (χ0n) is 18.0. The van der Waals surface area contributed by atoms with Crippen LogP contribution in [0.4, 0.5) is 10.7 Å². The highest BCUT2D eigenvalue weighted by molar-refractivity contribution is 7.16. The Hall–Kier alpha value is -3.89. The van der Waals surface area contributed by atoms with Gasteiger partial charge in [-0.2, -0.15) is 5.26 Å². The van der Waals surface area contributed by atoms with Gasteiger partial charge in [0.1, 0.15) is 28.0 Å². The number of benzene rings is 2. The van der Waals surface area contributed by atoms with Gasteiger partial charge in [0.15, 0.2) is 0 Å². The summed E-state index contributed by atoms with van der Waals surface area (Å²) < 4.78 is 6.00. The molecule has 0 radical (unpaired) electrons. The molecule has 2 heterocycles. The molecule has 2 N–H and O–H groups in total. The fourth-order valence-electron chi connectivity index (χ4n) is 4.03. The van der Waals surface area contributed by atoms with Gasteiger partial charge in [-0.25, -0.2) is 4.99 Å². The van der Waals surface area contributed by atoms with Crippen molar-refractivity contribution < 1.29 is 14.3 Å². The second-order valence-corrected chi connectivity index (χ2v) is 9.21. The van der Waals surface area contributed by atoms with Crippen molar-refractivity contribution in [2.45, 2.75) is 32.6 Å². The number of carbonyl (C=O) groups is 1. The van der Waals surface area contributed by atoms with Gasteiger partial charge in [0.25, 0.3) is 5.91 Å². The number of anilines is 1. The van der Waals surface area contributed by atoms with Crippen LogP contribution >= 0.6 is 11.3 Å². The second kappa shape index (κ2) is 8.57. The van der Waals surface area contributed by atoms with Crippen molar-refractivity contribution in [3.8, 4) is 11.8 Å². The summed E-state index contributed by atoms with van der Waals surface area (Å²) in [6.45, 7) is 1.98. The summed E-state index contributed by atoms with van der Waals surface area (Å²) in [5, 5.41) is 23.8. The molecule has 0 fully saturated rings. The van der Waals surface area contributed by atoms with E-state index in [-0.39, 0.29) is 22.8 Å². The van der Waals surface area contributed by atoms with Gasteiger partial charge in [-0.05, 0) is 68.5 Å². The number of phenolic OH excluding ortho intramolecular Hbond substituents is 1. The molecule has 0 bridgehead atoms. The first-order valence-electron chi connectivity index (χ1n) is 10.8. The summed E-state index contributed by atoms with van der Waals surface area (Å²) in [5.41, 5.74) is 4.14. The molecule has 4 aromatic rings. The highest BCUT2D eigenvalue weighted by Crippen LogP contribution is 2.39. The molecule has 0 spiro atoms. The molecular weight excluding hydrogens is 434 g/mol. The number of amides is 1. The van der Waals surface area contributed by atoms with Gasteiger partial charge < -0.3 is 14.8 Å². The molecule has 1 aliphatic rings. The molecule has 33 heavy (non-hydrogen) atoms. The summed E-state index contributed by atoms with van der Waals surface area (Å²) >= 11 is 1.49. The topological polar surface area (TPSA) is 98.6 Å². The quantitative estimate of drug-likeness (QED) is 0.411. The summed E-state index contributed by atoms with van der Waals surface area (Å²) in [7, 11) is 0. The number of hydrogen-bond acceptors (Lipinski definition) is 6. The first-order chi connectivity index (χ1) is 16.0. The van der Waals surface area contributed by atoms with E-state index in [1.165, 1.54) is 28.3 Å². The third-order valence-corrected chi connectivity index (χ3v) is 6.94. The molecule has 2 aromatic heterocycles. The van der Waals surface area contributed by atoms with Crippen LogP contribution in [0.5, 0.6) is 5.75 Å². The van der Waals surface area contributed by atoms with Gasteiger partial charge in [-0.3, -0.25) is 4.79 Å². The molecule has 5 rings (SSSR count). The average molecular weight is 456 g/mol. The maximum Gasteiger partial charge on any atom is 0.261 e. The second-order valence-electron chi connectivity index (χ2n) is 8.12. The van der Waals surface area contributed by atoms with E-state index in [2.05, 4.69) is 16.4 Å². The van der Waals surface area contributed by atoms with Crippen molar-refractivity contribution >= 4 is 38.9 Å². The van der Waals surface area contributed by atoms with Crippen LogP contribution in [0, 0.1) is 18.3 Å². The number of carbonyl (C=O) groups excluding carboxylic acids is 1. The number of aryl methyl sites for hydroxylation is 2. The average Bonchev–Trinajstić information content (AvgIpc) is 3.17. The van der Waals surface area contributed by atoms with Gasteiger partial charge in [-0.1, -0.05) is 17.7 Å². The van der Waals surface area contributed by atoms with E-state index in [1.807, 2.05) is 31.2 Å². The number of nitriles is 1. The molecule has 0 saturated carbocycles. The van der Waals surface area contributed by atoms with Crippen LogP contribution in [0.1, 0.15) is 44.8 Å². The fourth-order valence-corrected chi connectivity index (χ4v) is 5.23. The van der Waals surface area contributed by atoms with Gasteiger partial charge in [-0.15, -0.1) is 11.3 Å². The van der Waals surface area contributed by atoms with Gasteiger partial charge in [0.2, 0.25) is 5.55 Å². The first kappa shape index (κ1) is 21.0. The molecule has 164 valence electrons. The Morgan fingerprint density at radius 3 is 2.73 bits per heavy atom. The highest BCUT2D eigenvalue weighted by Gasteiger charge is 2.21. The van der Waals surface area contributed by atoms with Crippen LogP contribution in [-0.4, -0.2) is 11.0 Å². The van der Waals surface area contributed by atoms with Crippen LogP contribution in [0.3, 0.4) is 0 Å². The first-order valence-corrected chi connectivity index (χ1v) is 11.6. The Morgan fingerprint density at radius 1 is 1.15 bits per heavy atom. The lowest BCUT2D eigenvalue weighted by molar-refractivity contribution is 0.102. The Balaban J connectivity index is 1.67. The zero-order valence-corrected chi connectivity index (χ0v) is 18.8. The van der Waals surface area contributed by atoms with Gasteiger partial charge in [0.05, 0.1) is 5.56 Å². The molecule has 7 heteroatoms. The minimum absolute atomic E-state index is 0.0540. The number of nitrogens with zero attached hydrogens (tertiary/aromatic N) is 2. The predicted octanol–water partition coefficient (Wildman–Crippen LogP) is 5.74. The van der Waals surface area contributed by atoms with Crippen LogP contribution in [0.15, 0.2) is 57.9 Å². The Kier molecular flexibility index (Phi) is 5.45. The number of fused-ring (bicyclic) bond motifs is 2. The monoisotopic (exact) mass is 455 g/mol. The smallest absolute Gasteiger partial charge is 0.261 e. The van der Waals surface area contributed by atoms with Gasteiger partial charge >= 0.3 is 0 Å². The third kappa shape index (κ3) is 4.13. The Morgan fingerprint density at radius 2 is 1.94 bits per heavy atom. The van der Waals surface area contributed by atoms with Crippen molar-refractivity contribution in [1.82, 2.24) is 0 Å². The van der Waals surface area contributed by atoms with E-state index in [9.17, 15) is 15.2 Å². The zero-order chi connectivity index (χ0) is 22.9. The van der Waals surface area contributed by atoms with Crippen LogP contribution in [0.2, 0.25) is 0 Å². The standard InChI is InChI=1S/C26H21N3O3S/c1-15-6-9-17(10-7-15)28-24(31)20-12-16-8-11-18(30)13-22(16)32-25(20)29-26-21(14-27)19-4-2-3-5-23(19)33-26/h6-13,30H,2-5H2,1H3,(H,28,31)/b29-25-. The molecule has 0 aliphatic heterocycles. The van der Waals surface area contributed by atoms with Crippen LogP contribution in [-0.2, 0) is 12.8 Å². The Bertz CT molecular complexity index is 1490. The number of rotatable bonds is 3. The molecule has 0 unspecified atom stereocenters. The molecular formula is C26H21N3O3S. The number of thiophene rings is 1. The number of aromatic hydroxyl groups is 1. The van der Waals surface area contributed by atoms with Crippen molar-refractivity contribution in [2.24, 2.45) is 4.99 Å². The molecule has 1 aliphatic carbocycles. The Labute approximate surface area is 194 Å². The van der Waals surface area contributed by atoms with E-state index < -0.39 is 0 Å². The maximum absolute atomic E-state index is 13.2. The lowest BCUT2D eigenvalue weighted by Gasteiger charge is -2.09. The van der Waals surface area contributed by atoms with Crippen molar-refractivity contribution in [2.75, 3.05) is 5.32 Å². The number of hydrogen-bond donors (Lipinski definition) is 2. The largest absolute Gasteiger partial charge is 0.508 e. The SMILES string of the molecule is Cc1ccc(NC(=O)c2cc3ccc(O)cc3o/c2=N\c2sc3c(c2C#N)CCCC3)cc1. The molecule has 0 saturated heterocycles. The van der Waals surface area contributed by atoms with Crippen molar-refractivity contribution in [3.63, 3.8) is 0 Å². The van der Waals surface area contributed by atoms with Crippen LogP contribution < -0.4 is 10.9 Å². The van der Waals surface area contributed by atoms with Crippen LogP contribution in [0.25, 0.3) is 11.0 Å². The van der Waals surface area contributed by atoms with E-state index in [0.29, 0.717) is 27.2 Å². The summed E-state index contributed by atoms with van der Waals surface area (Å²) in [5.74, 6) is -0.311. The molecule has 0 atom stereocenters. The lowest BCUT2D eigenvalue weighted by atomic mass is 9.96. The van der Waals surface area contributed by atoms with E-state index in [1.54, 1.807) is 12.1 Å². The van der Waals surface area contributed by atoms with E-state index in [4.69, 9.17) is 4.42 Å². The normalized spacial score (nSPS) is 13.5. The minimum atomic E-state index is -0.365. The van der Waals surface area contributed by atoms with E-state index in [0.717, 1.165) is 36.8 Å².